The molecule has 10 aromatic rings. The summed E-state index contributed by atoms with van der Waals surface area (Å²) in [4.78, 5) is 20.2. The van der Waals surface area contributed by atoms with Crippen LogP contribution in [0.1, 0.15) is 0 Å². The van der Waals surface area contributed by atoms with Crippen molar-refractivity contribution in [3.8, 4) is 45.2 Å². The molecule has 7 aromatic carbocycles. The molecule has 0 atom stereocenters. The van der Waals surface area contributed by atoms with E-state index in [1.807, 2.05) is 24.5 Å². The maximum Gasteiger partial charge on any atom is 0.179 e. The number of pyridine rings is 2. The van der Waals surface area contributed by atoms with E-state index in [0.29, 0.717) is 11.5 Å². The van der Waals surface area contributed by atoms with Crippen LogP contribution in [0.4, 0.5) is 0 Å². The number of fused-ring (bicyclic) bond motifs is 7. The molecule has 3 aromatic heterocycles. The first kappa shape index (κ1) is 28.3. The number of aromatic nitrogens is 4. The zero-order chi connectivity index (χ0) is 33.0. The van der Waals surface area contributed by atoms with Gasteiger partial charge in [0.05, 0.1) is 16.9 Å². The fraction of sp³-hybridized carbons (Fsp3) is 0. The van der Waals surface area contributed by atoms with Crippen molar-refractivity contribution in [1.29, 1.82) is 0 Å². The zero-order valence-electron chi connectivity index (χ0n) is 27.0. The maximum atomic E-state index is 5.27. The molecule has 0 saturated heterocycles. The molecule has 0 spiro atoms. The summed E-state index contributed by atoms with van der Waals surface area (Å²) < 4.78 is 0. The van der Waals surface area contributed by atoms with Crippen molar-refractivity contribution in [2.24, 2.45) is 0 Å². The van der Waals surface area contributed by atoms with E-state index in [4.69, 9.17) is 15.0 Å². The highest BCUT2D eigenvalue weighted by Gasteiger charge is 2.17. The van der Waals surface area contributed by atoms with E-state index in [9.17, 15) is 0 Å². The smallest absolute Gasteiger partial charge is 0.179 e. The van der Waals surface area contributed by atoms with Gasteiger partial charge in [-0.3, -0.25) is 9.97 Å². The van der Waals surface area contributed by atoms with Gasteiger partial charge in [-0.15, -0.1) is 0 Å². The lowest BCUT2D eigenvalue weighted by Crippen LogP contribution is -1.99. The van der Waals surface area contributed by atoms with Crippen molar-refractivity contribution >= 4 is 54.0 Å². The van der Waals surface area contributed by atoms with E-state index < -0.39 is 0 Å². The van der Waals surface area contributed by atoms with Gasteiger partial charge in [0.1, 0.15) is 5.69 Å². The molecule has 0 aliphatic rings. The highest BCUT2D eigenvalue weighted by Crippen LogP contribution is 2.39. The Morgan fingerprint density at radius 3 is 1.48 bits per heavy atom. The van der Waals surface area contributed by atoms with Crippen LogP contribution in [0.25, 0.3) is 99.2 Å². The first-order valence-electron chi connectivity index (χ1n) is 16.8. The van der Waals surface area contributed by atoms with Gasteiger partial charge in [-0.1, -0.05) is 127 Å². The Balaban J connectivity index is 1.22. The molecule has 4 heteroatoms. The molecular formula is C46H28N4. The Morgan fingerprint density at radius 2 is 0.880 bits per heavy atom. The standard InChI is InChI=1S/C46H28N4/c1-3-15-33-30(11-1)25-40(38-19-7-5-17-36(33)38)43-27-44(41-26-31-12-2-4-16-34(31)37-18-6-8-20-39(37)41)50-46(49-43)42-23-22-32(28-48-42)35-21-9-13-29-14-10-24-47-45(29)35/h1-28H. The summed E-state index contributed by atoms with van der Waals surface area (Å²) in [6.07, 6.45) is 3.74. The second-order valence-electron chi connectivity index (χ2n) is 12.7. The third-order valence-electron chi connectivity index (χ3n) is 9.75. The van der Waals surface area contributed by atoms with Gasteiger partial charge in [0.2, 0.25) is 0 Å². The van der Waals surface area contributed by atoms with E-state index >= 15 is 0 Å². The van der Waals surface area contributed by atoms with Gasteiger partial charge in [0, 0.05) is 40.0 Å². The predicted octanol–water partition coefficient (Wildman–Crippen LogP) is 11.7. The van der Waals surface area contributed by atoms with Crippen molar-refractivity contribution in [3.63, 3.8) is 0 Å². The summed E-state index contributed by atoms with van der Waals surface area (Å²) in [6.45, 7) is 0. The third-order valence-corrected chi connectivity index (χ3v) is 9.75. The lowest BCUT2D eigenvalue weighted by Gasteiger charge is -2.15. The van der Waals surface area contributed by atoms with Gasteiger partial charge < -0.3 is 0 Å². The summed E-state index contributed by atoms with van der Waals surface area (Å²) in [5.74, 6) is 0.578. The van der Waals surface area contributed by atoms with E-state index in [0.717, 1.165) is 55.3 Å². The molecule has 0 N–H and O–H groups in total. The number of benzene rings is 7. The second kappa shape index (κ2) is 11.4. The van der Waals surface area contributed by atoms with Crippen LogP contribution >= 0.6 is 0 Å². The van der Waals surface area contributed by atoms with Crippen molar-refractivity contribution < 1.29 is 0 Å². The molecule has 4 nitrogen and oxygen atoms in total. The van der Waals surface area contributed by atoms with Crippen LogP contribution in [0, 0.1) is 0 Å². The summed E-state index contributed by atoms with van der Waals surface area (Å²) in [6, 6.07) is 55.4. The maximum absolute atomic E-state index is 5.27. The average molecular weight is 637 g/mol. The van der Waals surface area contributed by atoms with Gasteiger partial charge >= 0.3 is 0 Å². The first-order chi connectivity index (χ1) is 24.8. The Kier molecular flexibility index (Phi) is 6.46. The van der Waals surface area contributed by atoms with Crippen LogP contribution in [0.15, 0.2) is 170 Å². The zero-order valence-corrected chi connectivity index (χ0v) is 27.0. The van der Waals surface area contributed by atoms with Crippen LogP contribution in [-0.2, 0) is 0 Å². The van der Waals surface area contributed by atoms with E-state index in [1.165, 1.54) is 32.3 Å². The lowest BCUT2D eigenvalue weighted by atomic mass is 9.93. The molecular weight excluding hydrogens is 609 g/mol. The highest BCUT2D eigenvalue weighted by atomic mass is 14.9. The molecule has 0 amide bonds. The summed E-state index contributed by atoms with van der Waals surface area (Å²) >= 11 is 0. The fourth-order valence-corrected chi connectivity index (χ4v) is 7.39. The number of hydrogen-bond acceptors (Lipinski definition) is 4. The Bertz CT molecular complexity index is 2790. The summed E-state index contributed by atoms with van der Waals surface area (Å²) in [7, 11) is 0. The minimum absolute atomic E-state index is 0.578. The molecule has 0 radical (unpaired) electrons. The van der Waals surface area contributed by atoms with Crippen LogP contribution in [0.2, 0.25) is 0 Å². The molecule has 0 bridgehead atoms. The molecule has 0 fully saturated rings. The summed E-state index contributed by atoms with van der Waals surface area (Å²) in [5, 5.41) is 10.6. The van der Waals surface area contributed by atoms with Gasteiger partial charge in [-0.2, -0.15) is 0 Å². The molecule has 0 saturated carbocycles. The van der Waals surface area contributed by atoms with E-state index in [-0.39, 0.29) is 0 Å². The quantitative estimate of drug-likeness (QED) is 0.180. The highest BCUT2D eigenvalue weighted by molar-refractivity contribution is 6.15. The van der Waals surface area contributed by atoms with Crippen molar-refractivity contribution in [2.45, 2.75) is 0 Å². The molecule has 3 heterocycles. The molecule has 0 aliphatic heterocycles. The SMILES string of the molecule is c1cnc2c(-c3ccc(-c4nc(-c5cc6ccccc6c6ccccc56)cc(-c5cc6ccccc6c6ccccc56)n4)nc3)cccc2c1. The molecule has 50 heavy (non-hydrogen) atoms. The van der Waals surface area contributed by atoms with Crippen molar-refractivity contribution in [1.82, 2.24) is 19.9 Å². The molecule has 0 aliphatic carbocycles. The van der Waals surface area contributed by atoms with E-state index in [1.54, 1.807) is 0 Å². The average Bonchev–Trinajstić information content (AvgIpc) is 3.20. The largest absolute Gasteiger partial charge is 0.256 e. The normalized spacial score (nSPS) is 11.6. The Labute approximate surface area is 288 Å². The first-order valence-corrected chi connectivity index (χ1v) is 16.8. The van der Waals surface area contributed by atoms with Crippen LogP contribution < -0.4 is 0 Å². The van der Waals surface area contributed by atoms with Gasteiger partial charge in [0.25, 0.3) is 0 Å². The van der Waals surface area contributed by atoms with Crippen LogP contribution in [0.5, 0.6) is 0 Å². The number of hydrogen-bond donors (Lipinski definition) is 0. The minimum atomic E-state index is 0.578. The minimum Gasteiger partial charge on any atom is -0.256 e. The van der Waals surface area contributed by atoms with Crippen LogP contribution in [0.3, 0.4) is 0 Å². The van der Waals surface area contributed by atoms with Gasteiger partial charge in [-0.25, -0.2) is 9.97 Å². The van der Waals surface area contributed by atoms with Gasteiger partial charge in [0.15, 0.2) is 5.82 Å². The number of rotatable bonds is 4. The van der Waals surface area contributed by atoms with E-state index in [2.05, 4.69) is 151 Å². The Hall–Kier alpha value is -6.78. The molecule has 0 unspecified atom stereocenters. The lowest BCUT2D eigenvalue weighted by molar-refractivity contribution is 1.15. The second-order valence-corrected chi connectivity index (χ2v) is 12.7. The Morgan fingerprint density at radius 1 is 0.340 bits per heavy atom. The van der Waals surface area contributed by atoms with Gasteiger partial charge in [-0.05, 0) is 73.4 Å². The topological polar surface area (TPSA) is 51.6 Å². The summed E-state index contributed by atoms with van der Waals surface area (Å²) in [5.41, 5.74) is 7.54. The number of nitrogens with zero attached hydrogens (tertiary/aromatic N) is 4. The van der Waals surface area contributed by atoms with Crippen LogP contribution in [-0.4, -0.2) is 19.9 Å². The number of para-hydroxylation sites is 1. The fourth-order valence-electron chi connectivity index (χ4n) is 7.39. The monoisotopic (exact) mass is 636 g/mol. The molecule has 232 valence electrons. The van der Waals surface area contributed by atoms with Crippen molar-refractivity contribution in [2.75, 3.05) is 0 Å². The van der Waals surface area contributed by atoms with Crippen molar-refractivity contribution in [3.05, 3.63) is 170 Å². The predicted molar refractivity (Wildman–Crippen MR) is 207 cm³/mol. The third kappa shape index (κ3) is 4.61. The molecule has 10 rings (SSSR count).